The Hall–Kier alpha value is -1.73. The van der Waals surface area contributed by atoms with Gasteiger partial charge in [0.2, 0.25) is 10.0 Å². The van der Waals surface area contributed by atoms with Crippen LogP contribution < -0.4 is 0 Å². The van der Waals surface area contributed by atoms with Crippen LogP contribution in [0.5, 0.6) is 0 Å². The minimum atomic E-state index is -3.47. The number of likely N-dealkylation sites (tertiary alicyclic amines) is 1. The summed E-state index contributed by atoms with van der Waals surface area (Å²) in [6, 6.07) is 19.0. The van der Waals surface area contributed by atoms with Gasteiger partial charge < -0.3 is 5.11 Å². The molecule has 3 aliphatic rings. The number of sulfonamides is 1. The molecule has 5 nitrogen and oxygen atoms in total. The summed E-state index contributed by atoms with van der Waals surface area (Å²) in [7, 11) is -3.47. The van der Waals surface area contributed by atoms with Crippen LogP contribution in [-0.2, 0) is 10.0 Å². The van der Waals surface area contributed by atoms with Gasteiger partial charge in [0, 0.05) is 31.6 Å². The second-order valence-electron chi connectivity index (χ2n) is 8.42. The fourth-order valence-electron chi connectivity index (χ4n) is 5.11. The molecule has 2 saturated heterocycles. The van der Waals surface area contributed by atoms with Crippen LogP contribution in [0.25, 0.3) is 0 Å². The highest BCUT2D eigenvalue weighted by Gasteiger charge is 2.67. The molecule has 2 heterocycles. The van der Waals surface area contributed by atoms with Crippen LogP contribution >= 0.6 is 0 Å². The predicted molar refractivity (Wildman–Crippen MR) is 107 cm³/mol. The Bertz CT molecular complexity index is 938. The molecule has 0 aromatic heterocycles. The van der Waals surface area contributed by atoms with Gasteiger partial charge in [-0.1, -0.05) is 48.5 Å². The SMILES string of the molecule is O=S(=O)(c1ccccc1)N1CC2(C1)[C@H](c1ccccc1)[C@H](CO)N2CC1CC1. The molecule has 5 rings (SSSR count). The zero-order valence-electron chi connectivity index (χ0n) is 15.8. The van der Waals surface area contributed by atoms with Gasteiger partial charge in [-0.3, -0.25) is 4.90 Å². The fraction of sp³-hybridized carbons (Fsp3) is 0.455. The van der Waals surface area contributed by atoms with E-state index in [0.29, 0.717) is 23.9 Å². The van der Waals surface area contributed by atoms with Crippen molar-refractivity contribution in [3.63, 3.8) is 0 Å². The minimum Gasteiger partial charge on any atom is -0.395 e. The quantitative estimate of drug-likeness (QED) is 0.811. The van der Waals surface area contributed by atoms with E-state index >= 15 is 0 Å². The third kappa shape index (κ3) is 2.74. The number of aliphatic hydroxyl groups excluding tert-OH is 1. The Kier molecular flexibility index (Phi) is 4.36. The maximum Gasteiger partial charge on any atom is 0.243 e. The number of nitrogens with zero attached hydrogens (tertiary/aromatic N) is 2. The van der Waals surface area contributed by atoms with E-state index in [2.05, 4.69) is 17.0 Å². The Balaban J connectivity index is 1.44. The Morgan fingerprint density at radius 2 is 1.57 bits per heavy atom. The van der Waals surface area contributed by atoms with Gasteiger partial charge in [0.15, 0.2) is 0 Å². The molecule has 2 aliphatic heterocycles. The molecule has 2 aromatic rings. The van der Waals surface area contributed by atoms with E-state index in [0.717, 1.165) is 6.54 Å². The molecule has 0 unspecified atom stereocenters. The van der Waals surface area contributed by atoms with Gasteiger partial charge in [-0.05, 0) is 36.5 Å². The molecule has 3 fully saturated rings. The van der Waals surface area contributed by atoms with Gasteiger partial charge in [0.1, 0.15) is 0 Å². The van der Waals surface area contributed by atoms with E-state index in [1.807, 2.05) is 24.3 Å². The first kappa shape index (κ1) is 18.3. The summed E-state index contributed by atoms with van der Waals surface area (Å²) in [5, 5.41) is 10.1. The second kappa shape index (κ2) is 6.66. The largest absolute Gasteiger partial charge is 0.395 e. The highest BCUT2D eigenvalue weighted by atomic mass is 32.2. The van der Waals surface area contributed by atoms with Crippen LogP contribution in [0.3, 0.4) is 0 Å². The summed E-state index contributed by atoms with van der Waals surface area (Å²) in [5.74, 6) is 0.863. The van der Waals surface area contributed by atoms with Crippen molar-refractivity contribution in [2.45, 2.75) is 35.2 Å². The lowest BCUT2D eigenvalue weighted by Crippen LogP contribution is -2.85. The predicted octanol–water partition coefficient (Wildman–Crippen LogP) is 2.30. The van der Waals surface area contributed by atoms with Crippen molar-refractivity contribution in [3.8, 4) is 0 Å². The summed E-state index contributed by atoms with van der Waals surface area (Å²) in [4.78, 5) is 2.76. The smallest absolute Gasteiger partial charge is 0.243 e. The lowest BCUT2D eigenvalue weighted by Gasteiger charge is -2.70. The van der Waals surface area contributed by atoms with Crippen molar-refractivity contribution in [1.82, 2.24) is 9.21 Å². The first-order valence-electron chi connectivity index (χ1n) is 10.0. The number of hydrogen-bond donors (Lipinski definition) is 1. The van der Waals surface area contributed by atoms with Crippen LogP contribution in [0.2, 0.25) is 0 Å². The van der Waals surface area contributed by atoms with Crippen molar-refractivity contribution in [2.75, 3.05) is 26.2 Å². The van der Waals surface area contributed by atoms with Gasteiger partial charge in [-0.25, -0.2) is 8.42 Å². The maximum absolute atomic E-state index is 13.0. The molecule has 0 bridgehead atoms. The molecule has 0 radical (unpaired) electrons. The Morgan fingerprint density at radius 1 is 0.964 bits per heavy atom. The van der Waals surface area contributed by atoms with Crippen LogP contribution in [0.15, 0.2) is 65.6 Å². The van der Waals surface area contributed by atoms with Crippen molar-refractivity contribution >= 4 is 10.0 Å². The fourth-order valence-corrected chi connectivity index (χ4v) is 6.70. The number of aliphatic hydroxyl groups is 1. The number of benzene rings is 2. The molecule has 6 heteroatoms. The van der Waals surface area contributed by atoms with E-state index in [4.69, 9.17) is 0 Å². The van der Waals surface area contributed by atoms with E-state index in [1.165, 1.54) is 18.4 Å². The van der Waals surface area contributed by atoms with Crippen molar-refractivity contribution in [2.24, 2.45) is 5.92 Å². The van der Waals surface area contributed by atoms with E-state index in [9.17, 15) is 13.5 Å². The second-order valence-corrected chi connectivity index (χ2v) is 10.4. The molecule has 1 N–H and O–H groups in total. The Morgan fingerprint density at radius 3 is 2.14 bits per heavy atom. The lowest BCUT2D eigenvalue weighted by molar-refractivity contribution is -0.172. The van der Waals surface area contributed by atoms with Crippen LogP contribution in [-0.4, -0.2) is 60.6 Å². The monoisotopic (exact) mass is 398 g/mol. The van der Waals surface area contributed by atoms with Crippen molar-refractivity contribution in [3.05, 3.63) is 66.2 Å². The van der Waals surface area contributed by atoms with Gasteiger partial charge in [0.05, 0.1) is 17.0 Å². The molecule has 1 saturated carbocycles. The molecule has 148 valence electrons. The van der Waals surface area contributed by atoms with Gasteiger partial charge in [-0.2, -0.15) is 4.31 Å². The third-order valence-electron chi connectivity index (χ3n) is 6.71. The standard InChI is InChI=1S/C22H26N2O3S/c25-14-20-21(18-7-3-1-4-8-18)22(24(20)13-17-11-12-17)15-23(16-22)28(26,27)19-9-5-2-6-10-19/h1-10,17,20-21,25H,11-16H2/t20-,21+/m0/s1. The molecule has 2 atom stereocenters. The average molecular weight is 399 g/mol. The van der Waals surface area contributed by atoms with Gasteiger partial charge in [-0.15, -0.1) is 0 Å². The lowest BCUT2D eigenvalue weighted by atomic mass is 9.61. The number of hydrogen-bond acceptors (Lipinski definition) is 4. The summed E-state index contributed by atoms with van der Waals surface area (Å²) in [5.41, 5.74) is 1.00. The molecule has 28 heavy (non-hydrogen) atoms. The third-order valence-corrected chi connectivity index (χ3v) is 8.52. The molecule has 1 spiro atoms. The average Bonchev–Trinajstić information content (AvgIpc) is 3.49. The van der Waals surface area contributed by atoms with Gasteiger partial charge in [0.25, 0.3) is 0 Å². The molecular weight excluding hydrogens is 372 g/mol. The van der Waals surface area contributed by atoms with Crippen LogP contribution in [0.4, 0.5) is 0 Å². The summed E-state index contributed by atoms with van der Waals surface area (Å²) >= 11 is 0. The van der Waals surface area contributed by atoms with Gasteiger partial charge >= 0.3 is 0 Å². The Labute approximate surface area is 166 Å². The highest BCUT2D eigenvalue weighted by Crippen LogP contribution is 2.55. The molecular formula is C22H26N2O3S. The molecule has 0 amide bonds. The van der Waals surface area contributed by atoms with E-state index in [1.54, 1.807) is 28.6 Å². The van der Waals surface area contributed by atoms with Crippen LogP contribution in [0.1, 0.15) is 24.3 Å². The minimum absolute atomic E-state index is 0.0737. The molecule has 1 aliphatic carbocycles. The zero-order chi connectivity index (χ0) is 19.4. The van der Waals surface area contributed by atoms with E-state index < -0.39 is 10.0 Å². The first-order chi connectivity index (χ1) is 13.6. The van der Waals surface area contributed by atoms with E-state index in [-0.39, 0.29) is 24.1 Å². The number of rotatable bonds is 6. The zero-order valence-corrected chi connectivity index (χ0v) is 16.6. The topological polar surface area (TPSA) is 60.9 Å². The normalized spacial score (nSPS) is 27.3. The summed E-state index contributed by atoms with van der Waals surface area (Å²) in [6.45, 7) is 2.06. The first-order valence-corrected chi connectivity index (χ1v) is 11.5. The molecule has 2 aromatic carbocycles. The highest BCUT2D eigenvalue weighted by molar-refractivity contribution is 7.89. The summed E-state index contributed by atoms with van der Waals surface area (Å²) < 4.78 is 27.7. The summed E-state index contributed by atoms with van der Waals surface area (Å²) in [6.07, 6.45) is 2.49. The van der Waals surface area contributed by atoms with Crippen molar-refractivity contribution in [1.29, 1.82) is 0 Å². The maximum atomic E-state index is 13.0. The van der Waals surface area contributed by atoms with Crippen LogP contribution in [0, 0.1) is 5.92 Å². The van der Waals surface area contributed by atoms with Crippen molar-refractivity contribution < 1.29 is 13.5 Å².